The van der Waals surface area contributed by atoms with Crippen molar-refractivity contribution in [1.29, 1.82) is 0 Å². The van der Waals surface area contributed by atoms with E-state index in [-0.39, 0.29) is 30.7 Å². The van der Waals surface area contributed by atoms with Gasteiger partial charge in [-0.1, -0.05) is 58.2 Å². The molecule has 3 N–H and O–H groups in total. The van der Waals surface area contributed by atoms with E-state index in [0.717, 1.165) is 17.7 Å². The van der Waals surface area contributed by atoms with Crippen LogP contribution in [-0.2, 0) is 30.4 Å². The van der Waals surface area contributed by atoms with Gasteiger partial charge in [-0.3, -0.25) is 28.9 Å². The molecule has 1 aromatic rings. The Morgan fingerprint density at radius 2 is 1.62 bits per heavy atom. The molecule has 0 radical (unpaired) electrons. The van der Waals surface area contributed by atoms with Gasteiger partial charge in [-0.25, -0.2) is 0 Å². The van der Waals surface area contributed by atoms with E-state index < -0.39 is 11.9 Å². The standard InChI is InChI=1S/C25H36N4O5.C3H8/c1-4-9-20-12-14-21(15-13-20)28-25(34)19(3)27-23(32)17-26-22(31)11-7-6-8-16-29(18-30)24(33)10-5-2;1-3-2/h5,10,12-15,18-19H,4,6-9,11,16-17H2,1-3H3,(H,26,31)(H,27,32)(H,28,34);3H2,1-2H3/b10-5-;. The van der Waals surface area contributed by atoms with Crippen LogP contribution >= 0.6 is 0 Å². The normalized spacial score (nSPS) is 11.1. The van der Waals surface area contributed by atoms with Crippen molar-refractivity contribution in [3.8, 4) is 0 Å². The number of hydrogen-bond donors (Lipinski definition) is 3. The third kappa shape index (κ3) is 16.0. The van der Waals surface area contributed by atoms with Crippen molar-refractivity contribution in [2.45, 2.75) is 85.6 Å². The van der Waals surface area contributed by atoms with Gasteiger partial charge in [-0.15, -0.1) is 0 Å². The van der Waals surface area contributed by atoms with Gasteiger partial charge < -0.3 is 16.0 Å². The summed E-state index contributed by atoms with van der Waals surface area (Å²) in [6, 6.07) is 6.81. The lowest BCUT2D eigenvalue weighted by atomic mass is 10.1. The molecule has 1 aromatic carbocycles. The first-order chi connectivity index (χ1) is 17.7. The van der Waals surface area contributed by atoms with Crippen LogP contribution in [0.1, 0.15) is 78.7 Å². The van der Waals surface area contributed by atoms with E-state index >= 15 is 0 Å². The lowest BCUT2D eigenvalue weighted by Crippen LogP contribution is -2.45. The number of anilines is 1. The SMILES string of the molecule is C/C=C\C(=O)N(C=O)CCCCCC(=O)NCC(=O)NC(C)C(=O)Nc1ccc(CCC)cc1.CCC. The molecule has 1 rings (SSSR count). The molecule has 0 saturated heterocycles. The predicted octanol–water partition coefficient (Wildman–Crippen LogP) is 3.74. The zero-order valence-corrected chi connectivity index (χ0v) is 23.0. The Labute approximate surface area is 221 Å². The molecule has 1 atom stereocenters. The van der Waals surface area contributed by atoms with Crippen LogP contribution in [0, 0.1) is 0 Å². The fraction of sp³-hybridized carbons (Fsp3) is 0.536. The summed E-state index contributed by atoms with van der Waals surface area (Å²) in [5, 5.41) is 7.85. The Kier molecular flexibility index (Phi) is 18.7. The number of imide groups is 1. The molecule has 0 aliphatic rings. The number of unbranched alkanes of at least 4 members (excludes halogenated alkanes) is 2. The third-order valence-electron chi connectivity index (χ3n) is 5.00. The summed E-state index contributed by atoms with van der Waals surface area (Å²) in [7, 11) is 0. The zero-order valence-electron chi connectivity index (χ0n) is 23.0. The van der Waals surface area contributed by atoms with Gasteiger partial charge in [-0.2, -0.15) is 0 Å². The summed E-state index contributed by atoms with van der Waals surface area (Å²) in [5.74, 6) is -1.45. The van der Waals surface area contributed by atoms with Gasteiger partial charge in [0.1, 0.15) is 6.04 Å². The number of carbonyl (C=O) groups excluding carboxylic acids is 5. The van der Waals surface area contributed by atoms with Crippen molar-refractivity contribution in [3.05, 3.63) is 42.0 Å². The van der Waals surface area contributed by atoms with Crippen LogP contribution in [0.3, 0.4) is 0 Å². The Morgan fingerprint density at radius 3 is 2.19 bits per heavy atom. The summed E-state index contributed by atoms with van der Waals surface area (Å²) in [5.41, 5.74) is 1.85. The van der Waals surface area contributed by atoms with Gasteiger partial charge in [0.2, 0.25) is 24.1 Å². The van der Waals surface area contributed by atoms with Crippen LogP contribution in [0.4, 0.5) is 5.69 Å². The van der Waals surface area contributed by atoms with Crippen molar-refractivity contribution < 1.29 is 24.0 Å². The van der Waals surface area contributed by atoms with Crippen LogP contribution in [0.2, 0.25) is 0 Å². The first kappa shape index (κ1) is 33.5. The molecule has 0 saturated carbocycles. The van der Waals surface area contributed by atoms with Gasteiger partial charge in [0, 0.05) is 18.7 Å². The molecule has 206 valence electrons. The van der Waals surface area contributed by atoms with Crippen molar-refractivity contribution in [2.24, 2.45) is 0 Å². The minimum atomic E-state index is -0.759. The molecule has 0 fully saturated rings. The Morgan fingerprint density at radius 1 is 0.973 bits per heavy atom. The number of carbonyl (C=O) groups is 5. The molecular formula is C28H44N4O5. The average Bonchev–Trinajstić information content (AvgIpc) is 2.86. The molecule has 0 aliphatic heterocycles. The first-order valence-electron chi connectivity index (χ1n) is 13.1. The van der Waals surface area contributed by atoms with Gasteiger partial charge in [0.25, 0.3) is 5.91 Å². The number of aryl methyl sites for hydroxylation is 1. The Balaban J connectivity index is 0.00000410. The monoisotopic (exact) mass is 516 g/mol. The molecule has 0 spiro atoms. The van der Waals surface area contributed by atoms with E-state index in [1.165, 1.54) is 18.1 Å². The molecule has 0 bridgehead atoms. The highest BCUT2D eigenvalue weighted by molar-refractivity contribution is 5.97. The fourth-order valence-corrected chi connectivity index (χ4v) is 3.12. The van der Waals surface area contributed by atoms with E-state index in [9.17, 15) is 24.0 Å². The van der Waals surface area contributed by atoms with E-state index in [2.05, 4.69) is 36.7 Å². The van der Waals surface area contributed by atoms with E-state index in [0.29, 0.717) is 37.9 Å². The molecule has 0 aromatic heterocycles. The quantitative estimate of drug-likeness (QED) is 0.186. The second-order valence-electron chi connectivity index (χ2n) is 8.66. The predicted molar refractivity (Wildman–Crippen MR) is 147 cm³/mol. The topological polar surface area (TPSA) is 125 Å². The lowest BCUT2D eigenvalue weighted by Gasteiger charge is -2.15. The summed E-state index contributed by atoms with van der Waals surface area (Å²) in [4.78, 5) is 59.9. The van der Waals surface area contributed by atoms with Crippen molar-refractivity contribution in [1.82, 2.24) is 15.5 Å². The maximum atomic E-state index is 12.3. The lowest BCUT2D eigenvalue weighted by molar-refractivity contribution is -0.134. The molecule has 0 aliphatic carbocycles. The minimum Gasteiger partial charge on any atom is -0.347 e. The van der Waals surface area contributed by atoms with Gasteiger partial charge in [0.05, 0.1) is 6.54 Å². The van der Waals surface area contributed by atoms with Crippen LogP contribution in [0.5, 0.6) is 0 Å². The second-order valence-corrected chi connectivity index (χ2v) is 8.66. The highest BCUT2D eigenvalue weighted by Gasteiger charge is 2.16. The number of rotatable bonds is 15. The molecule has 5 amide bonds. The molecule has 9 heteroatoms. The van der Waals surface area contributed by atoms with E-state index in [1.54, 1.807) is 19.9 Å². The summed E-state index contributed by atoms with van der Waals surface area (Å²) >= 11 is 0. The summed E-state index contributed by atoms with van der Waals surface area (Å²) < 4.78 is 0. The average molecular weight is 517 g/mol. The van der Waals surface area contributed by atoms with Crippen LogP contribution in [0.15, 0.2) is 36.4 Å². The highest BCUT2D eigenvalue weighted by Crippen LogP contribution is 2.11. The van der Waals surface area contributed by atoms with Gasteiger partial charge in [-0.05, 0) is 56.9 Å². The Hall–Kier alpha value is -3.49. The van der Waals surface area contributed by atoms with Crippen LogP contribution in [-0.4, -0.2) is 54.1 Å². The number of nitrogens with one attached hydrogen (secondary N) is 3. The summed E-state index contributed by atoms with van der Waals surface area (Å²) in [6.45, 7) is 9.69. The smallest absolute Gasteiger partial charge is 0.252 e. The zero-order chi connectivity index (χ0) is 28.1. The maximum Gasteiger partial charge on any atom is 0.252 e. The van der Waals surface area contributed by atoms with Crippen molar-refractivity contribution in [3.63, 3.8) is 0 Å². The van der Waals surface area contributed by atoms with Crippen LogP contribution < -0.4 is 16.0 Å². The summed E-state index contributed by atoms with van der Waals surface area (Å²) in [6.07, 6.45) is 8.69. The Bertz CT molecular complexity index is 868. The van der Waals surface area contributed by atoms with Crippen molar-refractivity contribution >= 4 is 35.7 Å². The number of benzene rings is 1. The number of hydrogen-bond acceptors (Lipinski definition) is 5. The largest absolute Gasteiger partial charge is 0.347 e. The van der Waals surface area contributed by atoms with Crippen molar-refractivity contribution in [2.75, 3.05) is 18.4 Å². The molecule has 0 heterocycles. The molecule has 9 nitrogen and oxygen atoms in total. The highest BCUT2D eigenvalue weighted by atomic mass is 16.2. The second kappa shape index (κ2) is 20.7. The minimum absolute atomic E-state index is 0.223. The van der Waals surface area contributed by atoms with E-state index in [1.807, 2.05) is 24.3 Å². The van der Waals surface area contributed by atoms with Gasteiger partial charge in [0.15, 0.2) is 0 Å². The number of allylic oxidation sites excluding steroid dienone is 1. The fourth-order valence-electron chi connectivity index (χ4n) is 3.12. The molecular weight excluding hydrogens is 472 g/mol. The molecule has 1 unspecified atom stereocenters. The van der Waals surface area contributed by atoms with Gasteiger partial charge >= 0.3 is 0 Å². The van der Waals surface area contributed by atoms with E-state index in [4.69, 9.17) is 0 Å². The maximum absolute atomic E-state index is 12.3. The third-order valence-corrected chi connectivity index (χ3v) is 5.00. The number of nitrogens with zero attached hydrogens (tertiary/aromatic N) is 1. The van der Waals surface area contributed by atoms with Crippen LogP contribution in [0.25, 0.3) is 0 Å². The first-order valence-corrected chi connectivity index (χ1v) is 13.1. The number of amides is 5. The molecule has 37 heavy (non-hydrogen) atoms.